The Morgan fingerprint density at radius 3 is 2.38 bits per heavy atom. The first-order chi connectivity index (χ1) is 10.1. The second-order valence-corrected chi connectivity index (χ2v) is 7.49. The number of pyridine rings is 1. The molecule has 1 aromatic rings. The van der Waals surface area contributed by atoms with Gasteiger partial charge in [-0.3, -0.25) is 4.79 Å². The van der Waals surface area contributed by atoms with Crippen LogP contribution in [0.2, 0.25) is 0 Å². The summed E-state index contributed by atoms with van der Waals surface area (Å²) in [4.78, 5) is 16.0. The van der Waals surface area contributed by atoms with Crippen molar-refractivity contribution in [2.24, 2.45) is 23.2 Å². The number of nitrogens with one attached hydrogen (secondary N) is 1. The van der Waals surface area contributed by atoms with Crippen molar-refractivity contribution in [3.05, 3.63) is 24.1 Å². The third-order valence-electron chi connectivity index (χ3n) is 5.68. The molecule has 1 heterocycles. The van der Waals surface area contributed by atoms with Crippen LogP contribution >= 0.6 is 0 Å². The van der Waals surface area contributed by atoms with Gasteiger partial charge in [-0.1, -0.05) is 6.07 Å². The highest BCUT2D eigenvalue weighted by molar-refractivity contribution is 5.90. The first-order valence-electron chi connectivity index (χ1n) is 8.03. The van der Waals surface area contributed by atoms with Crippen LogP contribution in [0.25, 0.3) is 0 Å². The number of anilines is 1. The van der Waals surface area contributed by atoms with Gasteiger partial charge in [0.2, 0.25) is 11.9 Å². The van der Waals surface area contributed by atoms with Gasteiger partial charge in [0, 0.05) is 6.42 Å². The molecule has 0 radical (unpaired) electrons. The molecule has 3 nitrogen and oxygen atoms in total. The Morgan fingerprint density at radius 1 is 1.19 bits per heavy atom. The Balaban J connectivity index is 1.45. The molecular formula is C17H21FN2O. The number of carbonyl (C=O) groups is 1. The Labute approximate surface area is 124 Å². The summed E-state index contributed by atoms with van der Waals surface area (Å²) in [6.07, 6.45) is 8.36. The number of hydrogen-bond donors (Lipinski definition) is 1. The van der Waals surface area contributed by atoms with E-state index < -0.39 is 5.95 Å². The number of halogens is 1. The van der Waals surface area contributed by atoms with Crippen molar-refractivity contribution in [1.82, 2.24) is 4.98 Å². The third-order valence-corrected chi connectivity index (χ3v) is 5.68. The van der Waals surface area contributed by atoms with Crippen molar-refractivity contribution < 1.29 is 9.18 Å². The number of aromatic nitrogens is 1. The van der Waals surface area contributed by atoms with Crippen LogP contribution in [0.1, 0.15) is 44.9 Å². The summed E-state index contributed by atoms with van der Waals surface area (Å²) in [7, 11) is 0. The molecule has 4 saturated carbocycles. The molecule has 21 heavy (non-hydrogen) atoms. The van der Waals surface area contributed by atoms with Gasteiger partial charge in [0.05, 0.1) is 0 Å². The number of hydrogen-bond acceptors (Lipinski definition) is 2. The molecule has 112 valence electrons. The molecule has 0 spiro atoms. The molecule has 0 unspecified atom stereocenters. The van der Waals surface area contributed by atoms with Crippen LogP contribution < -0.4 is 5.32 Å². The van der Waals surface area contributed by atoms with Gasteiger partial charge >= 0.3 is 0 Å². The Hall–Kier alpha value is -1.45. The van der Waals surface area contributed by atoms with Crippen molar-refractivity contribution in [3.63, 3.8) is 0 Å². The van der Waals surface area contributed by atoms with Crippen LogP contribution in [0.15, 0.2) is 18.2 Å². The maximum absolute atomic E-state index is 13.1. The fourth-order valence-electron chi connectivity index (χ4n) is 5.51. The highest BCUT2D eigenvalue weighted by atomic mass is 19.1. The molecular weight excluding hydrogens is 267 g/mol. The van der Waals surface area contributed by atoms with Crippen molar-refractivity contribution in [2.75, 3.05) is 5.32 Å². The molecule has 1 aromatic heterocycles. The van der Waals surface area contributed by atoms with E-state index in [0.717, 1.165) is 17.8 Å². The molecule has 4 heteroatoms. The smallest absolute Gasteiger partial charge is 0.226 e. The third kappa shape index (κ3) is 2.56. The van der Waals surface area contributed by atoms with Crippen molar-refractivity contribution in [3.8, 4) is 0 Å². The zero-order chi connectivity index (χ0) is 14.4. The van der Waals surface area contributed by atoms with Crippen LogP contribution in [0, 0.1) is 29.1 Å². The summed E-state index contributed by atoms with van der Waals surface area (Å²) in [6, 6.07) is 4.50. The molecule has 0 atom stereocenters. The van der Waals surface area contributed by atoms with E-state index >= 15 is 0 Å². The minimum atomic E-state index is -0.553. The van der Waals surface area contributed by atoms with E-state index in [2.05, 4.69) is 10.3 Å². The number of rotatable bonds is 3. The Kier molecular flexibility index (Phi) is 3.02. The van der Waals surface area contributed by atoms with Crippen LogP contribution in [0.5, 0.6) is 0 Å². The summed E-state index contributed by atoms with van der Waals surface area (Å²) in [5.74, 6) is 2.30. The van der Waals surface area contributed by atoms with E-state index in [1.54, 1.807) is 12.1 Å². The van der Waals surface area contributed by atoms with E-state index in [1.807, 2.05) is 0 Å². The molecule has 4 aliphatic rings. The second-order valence-electron chi connectivity index (χ2n) is 7.49. The lowest BCUT2D eigenvalue weighted by Gasteiger charge is -2.56. The van der Waals surface area contributed by atoms with Crippen molar-refractivity contribution >= 4 is 11.7 Å². The SMILES string of the molecule is O=C(CC12CC3CC(CC(C3)C1)C2)Nc1cccc(F)n1. The zero-order valence-electron chi connectivity index (χ0n) is 12.1. The molecule has 5 rings (SSSR count). The van der Waals surface area contributed by atoms with Gasteiger partial charge in [0.15, 0.2) is 0 Å². The standard InChI is InChI=1S/C17H21FN2O/c18-14-2-1-3-15(19-14)20-16(21)10-17-7-11-4-12(8-17)6-13(5-11)9-17/h1-3,11-13H,4-10H2,(H,19,20,21). The first kappa shape index (κ1) is 13.2. The second kappa shape index (κ2) is 4.79. The summed E-state index contributed by atoms with van der Waals surface area (Å²) >= 11 is 0. The van der Waals surface area contributed by atoms with Gasteiger partial charge < -0.3 is 5.32 Å². The van der Waals surface area contributed by atoms with Gasteiger partial charge in [0.25, 0.3) is 0 Å². The van der Waals surface area contributed by atoms with Gasteiger partial charge in [-0.25, -0.2) is 4.98 Å². The molecule has 1 amide bonds. The van der Waals surface area contributed by atoms with Gasteiger partial charge in [0.1, 0.15) is 5.82 Å². The largest absolute Gasteiger partial charge is 0.311 e. The van der Waals surface area contributed by atoms with Gasteiger partial charge in [-0.2, -0.15) is 4.39 Å². The quantitative estimate of drug-likeness (QED) is 0.860. The van der Waals surface area contributed by atoms with Crippen LogP contribution in [-0.2, 0) is 4.79 Å². The number of amides is 1. The van der Waals surface area contributed by atoms with Crippen LogP contribution in [0.4, 0.5) is 10.2 Å². The van der Waals surface area contributed by atoms with Gasteiger partial charge in [-0.05, 0) is 73.8 Å². The van der Waals surface area contributed by atoms with Gasteiger partial charge in [-0.15, -0.1) is 0 Å². The van der Waals surface area contributed by atoms with Crippen LogP contribution in [0.3, 0.4) is 0 Å². The zero-order valence-corrected chi connectivity index (χ0v) is 12.1. The normalized spacial score (nSPS) is 36.7. The minimum absolute atomic E-state index is 0.00458. The molecule has 1 N–H and O–H groups in total. The summed E-state index contributed by atoms with van der Waals surface area (Å²) < 4.78 is 13.1. The summed E-state index contributed by atoms with van der Waals surface area (Å²) in [5.41, 5.74) is 0.214. The molecule has 0 aliphatic heterocycles. The molecule has 0 aromatic carbocycles. The monoisotopic (exact) mass is 288 g/mol. The van der Waals surface area contributed by atoms with E-state index in [4.69, 9.17) is 0 Å². The van der Waals surface area contributed by atoms with E-state index in [1.165, 1.54) is 44.6 Å². The highest BCUT2D eigenvalue weighted by Gasteiger charge is 2.51. The Morgan fingerprint density at radius 2 is 1.81 bits per heavy atom. The lowest BCUT2D eigenvalue weighted by molar-refractivity contribution is -0.124. The average Bonchev–Trinajstić information content (AvgIpc) is 2.35. The number of carbonyl (C=O) groups excluding carboxylic acids is 1. The fourth-order valence-corrected chi connectivity index (χ4v) is 5.51. The van der Waals surface area contributed by atoms with E-state index in [9.17, 15) is 9.18 Å². The van der Waals surface area contributed by atoms with Crippen molar-refractivity contribution in [1.29, 1.82) is 0 Å². The predicted octanol–water partition coefficient (Wildman–Crippen LogP) is 3.77. The van der Waals surface area contributed by atoms with Crippen LogP contribution in [-0.4, -0.2) is 10.9 Å². The minimum Gasteiger partial charge on any atom is -0.311 e. The Bertz CT molecular complexity index is 536. The molecule has 4 fully saturated rings. The first-order valence-corrected chi connectivity index (χ1v) is 8.03. The molecule has 4 aliphatic carbocycles. The topological polar surface area (TPSA) is 42.0 Å². The predicted molar refractivity (Wildman–Crippen MR) is 78.0 cm³/mol. The summed E-state index contributed by atoms with van der Waals surface area (Å²) in [5, 5.41) is 2.77. The fraction of sp³-hybridized carbons (Fsp3) is 0.647. The highest BCUT2D eigenvalue weighted by Crippen LogP contribution is 2.61. The average molecular weight is 288 g/mol. The van der Waals surface area contributed by atoms with E-state index in [-0.39, 0.29) is 11.3 Å². The maximum atomic E-state index is 13.1. The molecule has 0 saturated heterocycles. The van der Waals surface area contributed by atoms with E-state index in [0.29, 0.717) is 12.2 Å². The molecule has 4 bridgehead atoms. The van der Waals surface area contributed by atoms with Crippen molar-refractivity contribution in [2.45, 2.75) is 44.9 Å². The summed E-state index contributed by atoms with van der Waals surface area (Å²) in [6.45, 7) is 0. The lowest BCUT2D eigenvalue weighted by atomic mass is 9.49. The number of nitrogens with zero attached hydrogens (tertiary/aromatic N) is 1. The lowest BCUT2D eigenvalue weighted by Crippen LogP contribution is -2.47. The maximum Gasteiger partial charge on any atom is 0.226 e.